The van der Waals surface area contributed by atoms with E-state index in [0.717, 1.165) is 16.8 Å². The summed E-state index contributed by atoms with van der Waals surface area (Å²) in [5.74, 6) is 0. The lowest BCUT2D eigenvalue weighted by Gasteiger charge is -2.15. The van der Waals surface area contributed by atoms with Crippen LogP contribution in [0.1, 0.15) is 22.9 Å². The average Bonchev–Trinajstić information content (AvgIpc) is 2.63. The molecule has 2 rings (SSSR count). The van der Waals surface area contributed by atoms with E-state index in [-0.39, 0.29) is 0 Å². The van der Waals surface area contributed by atoms with Crippen LogP contribution in [-0.2, 0) is 7.05 Å². The van der Waals surface area contributed by atoms with Crippen molar-refractivity contribution in [2.24, 2.45) is 7.05 Å². The summed E-state index contributed by atoms with van der Waals surface area (Å²) in [6.07, 6.45) is 1.32. The van der Waals surface area contributed by atoms with Gasteiger partial charge in [0, 0.05) is 18.3 Å². The first-order valence-corrected chi connectivity index (χ1v) is 5.52. The van der Waals surface area contributed by atoms with E-state index >= 15 is 0 Å². The Kier molecular flexibility index (Phi) is 3.03. The quantitative estimate of drug-likeness (QED) is 0.850. The fourth-order valence-corrected chi connectivity index (χ4v) is 2.09. The maximum atomic E-state index is 10.3. The molecule has 1 heterocycles. The standard InChI is InChI=1S/C13H14ClNO/c1-9-8-10(14)5-6-11(9)13(16)12-4-3-7-15(12)2/h3-8,13,16H,1-2H3/t13-/m1/s1. The van der Waals surface area contributed by atoms with Crippen LogP contribution in [0.2, 0.25) is 5.02 Å². The minimum absolute atomic E-state index is 0.600. The number of benzene rings is 1. The van der Waals surface area contributed by atoms with Crippen molar-refractivity contribution >= 4 is 11.6 Å². The predicted octanol–water partition coefficient (Wildman–Crippen LogP) is 3.07. The third kappa shape index (κ3) is 1.99. The first kappa shape index (κ1) is 11.2. The number of hydrogen-bond acceptors (Lipinski definition) is 1. The van der Waals surface area contributed by atoms with Gasteiger partial charge in [-0.2, -0.15) is 0 Å². The van der Waals surface area contributed by atoms with Crippen LogP contribution in [-0.4, -0.2) is 9.67 Å². The van der Waals surface area contributed by atoms with Gasteiger partial charge in [0.15, 0.2) is 0 Å². The Morgan fingerprint density at radius 2 is 2.06 bits per heavy atom. The van der Waals surface area contributed by atoms with Crippen LogP contribution in [0.25, 0.3) is 0 Å². The van der Waals surface area contributed by atoms with Gasteiger partial charge in [0.1, 0.15) is 6.10 Å². The van der Waals surface area contributed by atoms with Gasteiger partial charge < -0.3 is 9.67 Å². The molecule has 0 amide bonds. The van der Waals surface area contributed by atoms with Crippen LogP contribution < -0.4 is 0 Å². The summed E-state index contributed by atoms with van der Waals surface area (Å²) in [7, 11) is 1.92. The van der Waals surface area contributed by atoms with Gasteiger partial charge in [-0.05, 0) is 42.3 Å². The number of nitrogens with zero attached hydrogens (tertiary/aromatic N) is 1. The number of aromatic nitrogens is 1. The molecule has 1 aromatic carbocycles. The Morgan fingerprint density at radius 1 is 1.31 bits per heavy atom. The van der Waals surface area contributed by atoms with E-state index < -0.39 is 6.10 Å². The van der Waals surface area contributed by atoms with Crippen LogP contribution in [0.5, 0.6) is 0 Å². The Bertz CT molecular complexity index is 504. The number of aliphatic hydroxyl groups is 1. The molecule has 0 unspecified atom stereocenters. The topological polar surface area (TPSA) is 25.2 Å². The van der Waals surface area contributed by atoms with E-state index in [1.807, 2.05) is 49.0 Å². The van der Waals surface area contributed by atoms with E-state index in [1.165, 1.54) is 0 Å². The minimum atomic E-state index is -0.600. The van der Waals surface area contributed by atoms with Gasteiger partial charge in [0.25, 0.3) is 0 Å². The van der Waals surface area contributed by atoms with Crippen molar-refractivity contribution in [1.29, 1.82) is 0 Å². The lowest BCUT2D eigenvalue weighted by atomic mass is 10.0. The number of aliphatic hydroxyl groups excluding tert-OH is 1. The van der Waals surface area contributed by atoms with Gasteiger partial charge in [0.2, 0.25) is 0 Å². The highest BCUT2D eigenvalue weighted by Gasteiger charge is 2.15. The van der Waals surface area contributed by atoms with Crippen molar-refractivity contribution in [3.8, 4) is 0 Å². The second kappa shape index (κ2) is 4.32. The monoisotopic (exact) mass is 235 g/mol. The molecule has 0 bridgehead atoms. The molecular formula is C13H14ClNO. The van der Waals surface area contributed by atoms with Gasteiger partial charge in [-0.15, -0.1) is 0 Å². The van der Waals surface area contributed by atoms with Gasteiger partial charge in [-0.3, -0.25) is 0 Å². The summed E-state index contributed by atoms with van der Waals surface area (Å²) in [4.78, 5) is 0. The highest BCUT2D eigenvalue weighted by molar-refractivity contribution is 6.30. The molecule has 0 fully saturated rings. The smallest absolute Gasteiger partial charge is 0.119 e. The van der Waals surface area contributed by atoms with Crippen LogP contribution in [0.3, 0.4) is 0 Å². The molecule has 2 aromatic rings. The second-order valence-electron chi connectivity index (χ2n) is 3.95. The van der Waals surface area contributed by atoms with Gasteiger partial charge >= 0.3 is 0 Å². The van der Waals surface area contributed by atoms with Crippen molar-refractivity contribution < 1.29 is 5.11 Å². The molecule has 16 heavy (non-hydrogen) atoms. The van der Waals surface area contributed by atoms with Crippen molar-refractivity contribution in [3.63, 3.8) is 0 Å². The molecule has 3 heteroatoms. The first-order valence-electron chi connectivity index (χ1n) is 5.15. The molecule has 2 nitrogen and oxygen atoms in total. The van der Waals surface area contributed by atoms with Crippen LogP contribution >= 0.6 is 11.6 Å². The highest BCUT2D eigenvalue weighted by Crippen LogP contribution is 2.26. The highest BCUT2D eigenvalue weighted by atomic mass is 35.5. The van der Waals surface area contributed by atoms with E-state index in [4.69, 9.17) is 11.6 Å². The molecule has 0 radical (unpaired) electrons. The largest absolute Gasteiger partial charge is 0.382 e. The molecule has 84 valence electrons. The van der Waals surface area contributed by atoms with E-state index in [2.05, 4.69) is 0 Å². The van der Waals surface area contributed by atoms with Crippen molar-refractivity contribution in [1.82, 2.24) is 4.57 Å². The third-order valence-electron chi connectivity index (χ3n) is 2.79. The SMILES string of the molecule is Cc1cc(Cl)ccc1[C@@H](O)c1cccn1C. The molecule has 0 saturated carbocycles. The van der Waals surface area contributed by atoms with E-state index in [0.29, 0.717) is 5.02 Å². The summed E-state index contributed by atoms with van der Waals surface area (Å²) in [5, 5.41) is 11.0. The summed E-state index contributed by atoms with van der Waals surface area (Å²) in [5.41, 5.74) is 2.78. The average molecular weight is 236 g/mol. The fraction of sp³-hybridized carbons (Fsp3) is 0.231. The van der Waals surface area contributed by atoms with Gasteiger partial charge in [0.05, 0.1) is 5.69 Å². The Balaban J connectivity index is 2.41. The number of hydrogen-bond donors (Lipinski definition) is 1. The first-order chi connectivity index (χ1) is 7.59. The van der Waals surface area contributed by atoms with Crippen molar-refractivity contribution in [3.05, 3.63) is 58.4 Å². The zero-order valence-corrected chi connectivity index (χ0v) is 10.1. The van der Waals surface area contributed by atoms with Crippen LogP contribution in [0.4, 0.5) is 0 Å². The number of halogens is 1. The molecule has 0 aliphatic heterocycles. The van der Waals surface area contributed by atoms with E-state index in [1.54, 1.807) is 6.07 Å². The molecule has 0 aliphatic carbocycles. The fourth-order valence-electron chi connectivity index (χ4n) is 1.86. The maximum Gasteiger partial charge on any atom is 0.119 e. The minimum Gasteiger partial charge on any atom is -0.382 e. The molecular weight excluding hydrogens is 222 g/mol. The summed E-state index contributed by atoms with van der Waals surface area (Å²) >= 11 is 5.89. The van der Waals surface area contributed by atoms with E-state index in [9.17, 15) is 5.11 Å². The zero-order valence-electron chi connectivity index (χ0n) is 9.31. The van der Waals surface area contributed by atoms with Crippen LogP contribution in [0.15, 0.2) is 36.5 Å². The summed E-state index contributed by atoms with van der Waals surface area (Å²) < 4.78 is 1.92. The molecule has 0 saturated heterocycles. The molecule has 0 spiro atoms. The number of aryl methyl sites for hydroxylation is 2. The second-order valence-corrected chi connectivity index (χ2v) is 4.38. The molecule has 0 aliphatic rings. The Morgan fingerprint density at radius 3 is 2.62 bits per heavy atom. The molecule has 1 N–H and O–H groups in total. The van der Waals surface area contributed by atoms with Crippen molar-refractivity contribution in [2.45, 2.75) is 13.0 Å². The summed E-state index contributed by atoms with van der Waals surface area (Å²) in [6.45, 7) is 1.95. The zero-order chi connectivity index (χ0) is 11.7. The van der Waals surface area contributed by atoms with Crippen LogP contribution in [0, 0.1) is 6.92 Å². The normalized spacial score (nSPS) is 12.8. The molecule has 1 atom stereocenters. The Hall–Kier alpha value is -1.25. The third-order valence-corrected chi connectivity index (χ3v) is 3.03. The van der Waals surface area contributed by atoms with Gasteiger partial charge in [-0.25, -0.2) is 0 Å². The molecule has 1 aromatic heterocycles. The van der Waals surface area contributed by atoms with Crippen molar-refractivity contribution in [2.75, 3.05) is 0 Å². The number of rotatable bonds is 2. The lowest BCUT2D eigenvalue weighted by Crippen LogP contribution is -2.06. The Labute approximate surface area is 100 Å². The maximum absolute atomic E-state index is 10.3. The summed E-state index contributed by atoms with van der Waals surface area (Å²) in [6, 6.07) is 9.37. The van der Waals surface area contributed by atoms with Gasteiger partial charge in [-0.1, -0.05) is 17.7 Å². The predicted molar refractivity (Wildman–Crippen MR) is 65.7 cm³/mol. The lowest BCUT2D eigenvalue weighted by molar-refractivity contribution is 0.211.